The SMILES string of the molecule is CC[C@@H]1C[C@@H]2C[C@@](C(=O)OC)(N(C)C)n3c4c(c5ccccc53)CCN(C1)[C@@H]42. The zero-order valence-corrected chi connectivity index (χ0v) is 17.4. The Hall–Kier alpha value is -1.85. The zero-order chi connectivity index (χ0) is 19.6. The van der Waals surface area contributed by atoms with E-state index in [4.69, 9.17) is 4.74 Å². The Morgan fingerprint density at radius 1 is 1.32 bits per heavy atom. The number of hydrogen-bond donors (Lipinski definition) is 0. The van der Waals surface area contributed by atoms with Gasteiger partial charge in [-0.3, -0.25) is 9.80 Å². The number of benzene rings is 1. The van der Waals surface area contributed by atoms with Crippen molar-refractivity contribution in [3.63, 3.8) is 0 Å². The number of nitrogens with zero attached hydrogens (tertiary/aromatic N) is 3. The van der Waals surface area contributed by atoms with Crippen LogP contribution in [-0.2, 0) is 21.6 Å². The third-order valence-corrected chi connectivity index (χ3v) is 7.66. The van der Waals surface area contributed by atoms with Crippen LogP contribution in [0.1, 0.15) is 43.5 Å². The molecular formula is C23H31N3O2. The van der Waals surface area contributed by atoms with Gasteiger partial charge in [0.05, 0.1) is 18.7 Å². The van der Waals surface area contributed by atoms with Gasteiger partial charge in [-0.1, -0.05) is 31.5 Å². The lowest BCUT2D eigenvalue weighted by Gasteiger charge is -2.55. The van der Waals surface area contributed by atoms with Gasteiger partial charge in [0.15, 0.2) is 5.66 Å². The van der Waals surface area contributed by atoms with Crippen LogP contribution in [-0.4, -0.2) is 54.6 Å². The number of carbonyl (C=O) groups excluding carboxylic acids is 1. The van der Waals surface area contributed by atoms with Crippen LogP contribution in [0.2, 0.25) is 0 Å². The molecule has 3 aliphatic heterocycles. The second-order valence-corrected chi connectivity index (χ2v) is 9.08. The normalized spacial score (nSPS) is 31.8. The molecule has 1 aromatic carbocycles. The van der Waals surface area contributed by atoms with E-state index in [2.05, 4.69) is 45.6 Å². The molecule has 1 aromatic heterocycles. The van der Waals surface area contributed by atoms with Gasteiger partial charge in [0.1, 0.15) is 0 Å². The van der Waals surface area contributed by atoms with E-state index in [0.717, 1.165) is 25.3 Å². The lowest BCUT2D eigenvalue weighted by atomic mass is 9.71. The molecule has 150 valence electrons. The molecule has 0 bridgehead atoms. The number of rotatable bonds is 3. The van der Waals surface area contributed by atoms with Crippen LogP contribution in [0.3, 0.4) is 0 Å². The van der Waals surface area contributed by atoms with Crippen molar-refractivity contribution in [2.75, 3.05) is 34.3 Å². The van der Waals surface area contributed by atoms with E-state index < -0.39 is 5.66 Å². The average Bonchev–Trinajstić information content (AvgIpc) is 3.06. The van der Waals surface area contributed by atoms with Crippen molar-refractivity contribution < 1.29 is 9.53 Å². The van der Waals surface area contributed by atoms with Crippen molar-refractivity contribution in [2.24, 2.45) is 11.8 Å². The smallest absolute Gasteiger partial charge is 0.347 e. The quantitative estimate of drug-likeness (QED) is 0.764. The number of likely N-dealkylation sites (N-methyl/N-ethyl adjacent to an activating group) is 1. The topological polar surface area (TPSA) is 37.7 Å². The Balaban J connectivity index is 1.84. The predicted octanol–water partition coefficient (Wildman–Crippen LogP) is 3.38. The number of fused-ring (bicyclic) bond motifs is 3. The van der Waals surface area contributed by atoms with E-state index in [-0.39, 0.29) is 5.97 Å². The molecule has 5 heteroatoms. The molecule has 0 aliphatic carbocycles. The summed E-state index contributed by atoms with van der Waals surface area (Å²) >= 11 is 0. The number of hydrogen-bond acceptors (Lipinski definition) is 4. The van der Waals surface area contributed by atoms with Crippen molar-refractivity contribution in [3.05, 3.63) is 35.5 Å². The fourth-order valence-electron chi connectivity index (χ4n) is 6.41. The lowest BCUT2D eigenvalue weighted by molar-refractivity contribution is -0.168. The minimum atomic E-state index is -0.776. The summed E-state index contributed by atoms with van der Waals surface area (Å²) in [5, 5.41) is 1.31. The monoisotopic (exact) mass is 381 g/mol. The van der Waals surface area contributed by atoms with E-state index in [1.54, 1.807) is 0 Å². The number of para-hydroxylation sites is 1. The van der Waals surface area contributed by atoms with Gasteiger partial charge in [0, 0.05) is 30.6 Å². The molecule has 4 heterocycles. The molecule has 0 radical (unpaired) electrons. The van der Waals surface area contributed by atoms with Crippen LogP contribution in [0.4, 0.5) is 0 Å². The van der Waals surface area contributed by atoms with Gasteiger partial charge >= 0.3 is 5.97 Å². The number of ether oxygens (including phenoxy) is 1. The molecule has 2 aromatic rings. The molecule has 28 heavy (non-hydrogen) atoms. The van der Waals surface area contributed by atoms with Crippen molar-refractivity contribution >= 4 is 16.9 Å². The second-order valence-electron chi connectivity index (χ2n) is 9.08. The number of carbonyl (C=O) groups is 1. The zero-order valence-electron chi connectivity index (χ0n) is 17.4. The van der Waals surface area contributed by atoms with Gasteiger partial charge in [0.25, 0.3) is 0 Å². The van der Waals surface area contributed by atoms with Gasteiger partial charge in [-0.2, -0.15) is 0 Å². The summed E-state index contributed by atoms with van der Waals surface area (Å²) in [5.41, 5.74) is 3.22. The van der Waals surface area contributed by atoms with Crippen LogP contribution in [0.15, 0.2) is 24.3 Å². The summed E-state index contributed by atoms with van der Waals surface area (Å²) in [4.78, 5) is 18.2. The second kappa shape index (κ2) is 6.33. The van der Waals surface area contributed by atoms with E-state index in [9.17, 15) is 4.79 Å². The molecule has 1 fully saturated rings. The minimum Gasteiger partial charge on any atom is -0.466 e. The lowest BCUT2D eigenvalue weighted by Crippen LogP contribution is -2.61. The Bertz CT molecular complexity index is 933. The fourth-order valence-corrected chi connectivity index (χ4v) is 6.41. The third-order valence-electron chi connectivity index (χ3n) is 7.66. The maximum absolute atomic E-state index is 13.4. The number of methoxy groups -OCH3 is 1. The van der Waals surface area contributed by atoms with Crippen LogP contribution in [0, 0.1) is 11.8 Å². The van der Waals surface area contributed by atoms with Crippen LogP contribution in [0.5, 0.6) is 0 Å². The van der Waals surface area contributed by atoms with Crippen LogP contribution < -0.4 is 0 Å². The number of esters is 1. The predicted molar refractivity (Wildman–Crippen MR) is 110 cm³/mol. The van der Waals surface area contributed by atoms with Crippen molar-refractivity contribution in [1.82, 2.24) is 14.4 Å². The molecule has 0 unspecified atom stereocenters. The Morgan fingerprint density at radius 2 is 2.11 bits per heavy atom. The third kappa shape index (κ3) is 2.17. The van der Waals surface area contributed by atoms with Gasteiger partial charge in [-0.05, 0) is 50.4 Å². The summed E-state index contributed by atoms with van der Waals surface area (Å²) in [6.07, 6.45) is 4.29. The summed E-state index contributed by atoms with van der Waals surface area (Å²) in [7, 11) is 5.58. The van der Waals surface area contributed by atoms with Gasteiger partial charge in [-0.15, -0.1) is 0 Å². The standard InChI is InChI=1S/C23H31N3O2/c1-5-15-12-16-13-23(24(2)3,22(27)28-4)26-19-9-7-6-8-17(19)18-10-11-25(14-15)20(16)21(18)26/h6-9,15-16,20H,5,10-14H2,1-4H3/t15-,16-,20-,23-/m1/s1. The van der Waals surface area contributed by atoms with Gasteiger partial charge in [-0.25, -0.2) is 4.79 Å². The molecule has 0 N–H and O–H groups in total. The highest BCUT2D eigenvalue weighted by Crippen LogP contribution is 2.55. The van der Waals surface area contributed by atoms with Gasteiger partial charge in [0.2, 0.25) is 0 Å². The van der Waals surface area contributed by atoms with Crippen molar-refractivity contribution in [3.8, 4) is 0 Å². The molecule has 5 nitrogen and oxygen atoms in total. The first-order valence-electron chi connectivity index (χ1n) is 10.7. The highest BCUT2D eigenvalue weighted by Gasteiger charge is 2.57. The molecular weight excluding hydrogens is 350 g/mol. The molecule has 0 saturated carbocycles. The summed E-state index contributed by atoms with van der Waals surface area (Å²) in [5.74, 6) is 1.06. The van der Waals surface area contributed by atoms with Crippen LogP contribution >= 0.6 is 0 Å². The maximum atomic E-state index is 13.4. The van der Waals surface area contributed by atoms with E-state index in [0.29, 0.717) is 12.0 Å². The molecule has 3 aliphatic rings. The Labute approximate surface area is 167 Å². The van der Waals surface area contributed by atoms with E-state index in [1.165, 1.54) is 48.7 Å². The first-order chi connectivity index (χ1) is 13.5. The summed E-state index contributed by atoms with van der Waals surface area (Å²) in [6, 6.07) is 9.05. The minimum absolute atomic E-state index is 0.143. The number of aromatic nitrogens is 1. The van der Waals surface area contributed by atoms with Crippen LogP contribution in [0.25, 0.3) is 10.9 Å². The summed E-state index contributed by atoms with van der Waals surface area (Å²) < 4.78 is 7.78. The van der Waals surface area contributed by atoms with Crippen molar-refractivity contribution in [1.29, 1.82) is 0 Å². The number of piperidine rings is 1. The van der Waals surface area contributed by atoms with E-state index in [1.807, 2.05) is 14.1 Å². The largest absolute Gasteiger partial charge is 0.466 e. The highest BCUT2D eigenvalue weighted by molar-refractivity contribution is 5.90. The molecule has 5 rings (SSSR count). The fraction of sp³-hybridized carbons (Fsp3) is 0.609. The van der Waals surface area contributed by atoms with Crippen molar-refractivity contribution in [2.45, 2.75) is 44.3 Å². The first kappa shape index (κ1) is 18.2. The molecule has 1 saturated heterocycles. The first-order valence-corrected chi connectivity index (χ1v) is 10.7. The Morgan fingerprint density at radius 3 is 2.82 bits per heavy atom. The Kier molecular flexibility index (Phi) is 4.11. The maximum Gasteiger partial charge on any atom is 0.347 e. The average molecular weight is 382 g/mol. The highest BCUT2D eigenvalue weighted by atomic mass is 16.5. The summed E-state index contributed by atoms with van der Waals surface area (Å²) in [6.45, 7) is 4.62. The molecule has 0 amide bonds. The molecule has 0 spiro atoms. The van der Waals surface area contributed by atoms with Gasteiger partial charge < -0.3 is 9.30 Å². The van der Waals surface area contributed by atoms with E-state index >= 15 is 0 Å². The molecule has 4 atom stereocenters.